The Morgan fingerprint density at radius 2 is 2.05 bits per heavy atom. The van der Waals surface area contributed by atoms with E-state index in [1.165, 1.54) is 4.90 Å². The lowest BCUT2D eigenvalue weighted by Crippen LogP contribution is -2.48. The van der Waals surface area contributed by atoms with E-state index in [4.69, 9.17) is 4.74 Å². The predicted molar refractivity (Wildman–Crippen MR) is 65.9 cm³/mol. The highest BCUT2D eigenvalue weighted by molar-refractivity contribution is 5.94. The minimum atomic E-state index is -1.19. The Kier molecular flexibility index (Phi) is 4.61. The molecule has 1 heterocycles. The maximum atomic E-state index is 13.6. The van der Waals surface area contributed by atoms with E-state index in [2.05, 4.69) is 5.32 Å². The van der Waals surface area contributed by atoms with Crippen LogP contribution in [-0.4, -0.2) is 50.2 Å². The Bertz CT molecular complexity index is 485. The monoisotopic (exact) mass is 288 g/mol. The number of ether oxygens (including phenoxy) is 1. The fourth-order valence-corrected chi connectivity index (χ4v) is 2.16. The van der Waals surface area contributed by atoms with Crippen molar-refractivity contribution in [3.05, 3.63) is 35.1 Å². The van der Waals surface area contributed by atoms with Gasteiger partial charge in [-0.15, -0.1) is 0 Å². The van der Waals surface area contributed by atoms with Gasteiger partial charge in [-0.1, -0.05) is 0 Å². The molecule has 1 fully saturated rings. The molecule has 2 rings (SSSR count). The molecule has 0 saturated carbocycles. The number of rotatable bonds is 3. The van der Waals surface area contributed by atoms with E-state index in [0.29, 0.717) is 25.3 Å². The highest BCUT2D eigenvalue weighted by Crippen LogP contribution is 2.18. The number of likely N-dealkylation sites (N-methyl/N-ethyl adjacent to an activating group) is 1. The van der Waals surface area contributed by atoms with Crippen molar-refractivity contribution < 1.29 is 22.7 Å². The van der Waals surface area contributed by atoms with E-state index < -0.39 is 28.9 Å². The number of hydrogen-bond donors (Lipinski definition) is 1. The number of amides is 1. The van der Waals surface area contributed by atoms with Gasteiger partial charge in [0.05, 0.1) is 12.7 Å². The van der Waals surface area contributed by atoms with Crippen LogP contribution in [0.25, 0.3) is 0 Å². The highest BCUT2D eigenvalue weighted by atomic mass is 19.1. The van der Waals surface area contributed by atoms with Gasteiger partial charge in [-0.05, 0) is 7.05 Å². The topological polar surface area (TPSA) is 41.6 Å². The zero-order chi connectivity index (χ0) is 14.7. The van der Waals surface area contributed by atoms with Crippen LogP contribution in [0.5, 0.6) is 0 Å². The van der Waals surface area contributed by atoms with Crippen molar-refractivity contribution in [3.8, 4) is 0 Å². The first-order chi connectivity index (χ1) is 9.52. The standard InChI is InChI=1S/C13H15F3N2O2/c1-17-6-9-7-18(2-3-20-9)13(19)12-10(15)4-8(14)5-11(12)16/h4-5,9,17H,2-3,6-7H2,1H3. The van der Waals surface area contributed by atoms with Gasteiger partial charge < -0.3 is 15.0 Å². The fourth-order valence-electron chi connectivity index (χ4n) is 2.16. The minimum Gasteiger partial charge on any atom is -0.373 e. The lowest BCUT2D eigenvalue weighted by Gasteiger charge is -2.33. The first-order valence-electron chi connectivity index (χ1n) is 6.23. The summed E-state index contributed by atoms with van der Waals surface area (Å²) >= 11 is 0. The third-order valence-corrected chi connectivity index (χ3v) is 3.08. The summed E-state index contributed by atoms with van der Waals surface area (Å²) in [6.45, 7) is 1.30. The molecule has 1 saturated heterocycles. The van der Waals surface area contributed by atoms with Crippen molar-refractivity contribution >= 4 is 5.91 Å². The summed E-state index contributed by atoms with van der Waals surface area (Å²) in [7, 11) is 1.74. The summed E-state index contributed by atoms with van der Waals surface area (Å²) < 4.78 is 45.4. The minimum absolute atomic E-state index is 0.232. The number of halogens is 3. The molecule has 7 heteroatoms. The molecule has 1 aromatic carbocycles. The normalized spacial score (nSPS) is 19.2. The van der Waals surface area contributed by atoms with Gasteiger partial charge >= 0.3 is 0 Å². The van der Waals surface area contributed by atoms with E-state index in [1.807, 2.05) is 0 Å². The number of benzene rings is 1. The zero-order valence-corrected chi connectivity index (χ0v) is 11.0. The molecule has 0 spiro atoms. The number of hydrogen-bond acceptors (Lipinski definition) is 3. The van der Waals surface area contributed by atoms with Crippen molar-refractivity contribution in [1.29, 1.82) is 0 Å². The lowest BCUT2D eigenvalue weighted by molar-refractivity contribution is -0.0199. The summed E-state index contributed by atoms with van der Waals surface area (Å²) in [4.78, 5) is 13.5. The number of nitrogens with zero attached hydrogens (tertiary/aromatic N) is 1. The summed E-state index contributed by atoms with van der Waals surface area (Å²) in [6.07, 6.45) is -0.232. The van der Waals surface area contributed by atoms with Crippen LogP contribution < -0.4 is 5.32 Å². The molecule has 0 aromatic heterocycles. The van der Waals surface area contributed by atoms with E-state index >= 15 is 0 Å². The quantitative estimate of drug-likeness (QED) is 0.907. The van der Waals surface area contributed by atoms with Gasteiger partial charge in [0.2, 0.25) is 0 Å². The maximum absolute atomic E-state index is 13.6. The molecule has 20 heavy (non-hydrogen) atoms. The van der Waals surface area contributed by atoms with Gasteiger partial charge in [-0.2, -0.15) is 0 Å². The summed E-state index contributed by atoms with van der Waals surface area (Å²) in [5.74, 6) is -4.22. The Morgan fingerprint density at radius 3 is 2.65 bits per heavy atom. The van der Waals surface area contributed by atoms with Gasteiger partial charge in [0.1, 0.15) is 23.0 Å². The second-order valence-electron chi connectivity index (χ2n) is 4.55. The van der Waals surface area contributed by atoms with Gasteiger partial charge in [0.15, 0.2) is 0 Å². The van der Waals surface area contributed by atoms with Gasteiger partial charge in [-0.25, -0.2) is 13.2 Å². The van der Waals surface area contributed by atoms with Crippen LogP contribution in [0.1, 0.15) is 10.4 Å². The third-order valence-electron chi connectivity index (χ3n) is 3.08. The zero-order valence-electron chi connectivity index (χ0n) is 11.0. The van der Waals surface area contributed by atoms with Crippen molar-refractivity contribution in [2.24, 2.45) is 0 Å². The summed E-state index contributed by atoms with van der Waals surface area (Å²) in [5.41, 5.74) is -0.725. The maximum Gasteiger partial charge on any atom is 0.260 e. The second-order valence-corrected chi connectivity index (χ2v) is 4.55. The molecule has 0 bridgehead atoms. The van der Waals surface area contributed by atoms with E-state index in [-0.39, 0.29) is 19.2 Å². The largest absolute Gasteiger partial charge is 0.373 e. The number of carbonyl (C=O) groups is 1. The smallest absolute Gasteiger partial charge is 0.260 e. The van der Waals surface area contributed by atoms with Crippen LogP contribution in [0.4, 0.5) is 13.2 Å². The molecule has 1 aromatic rings. The highest BCUT2D eigenvalue weighted by Gasteiger charge is 2.28. The molecule has 1 atom stereocenters. The second kappa shape index (κ2) is 6.23. The lowest BCUT2D eigenvalue weighted by atomic mass is 10.1. The van der Waals surface area contributed by atoms with Crippen molar-refractivity contribution in [2.75, 3.05) is 33.3 Å². The number of morpholine rings is 1. The van der Waals surface area contributed by atoms with Crippen LogP contribution >= 0.6 is 0 Å². The average molecular weight is 288 g/mol. The van der Waals surface area contributed by atoms with Crippen LogP contribution in [0.2, 0.25) is 0 Å². The average Bonchev–Trinajstić information content (AvgIpc) is 2.38. The molecule has 4 nitrogen and oxygen atoms in total. The third kappa shape index (κ3) is 3.10. The first-order valence-corrected chi connectivity index (χ1v) is 6.23. The van der Waals surface area contributed by atoms with E-state index in [9.17, 15) is 18.0 Å². The molecule has 0 aliphatic carbocycles. The molecule has 1 unspecified atom stereocenters. The Morgan fingerprint density at radius 1 is 1.40 bits per heavy atom. The molecule has 1 amide bonds. The van der Waals surface area contributed by atoms with Crippen molar-refractivity contribution in [3.63, 3.8) is 0 Å². The van der Waals surface area contributed by atoms with Crippen molar-refractivity contribution in [1.82, 2.24) is 10.2 Å². The molecule has 110 valence electrons. The van der Waals surface area contributed by atoms with Crippen LogP contribution in [0.15, 0.2) is 12.1 Å². The van der Waals surface area contributed by atoms with Gasteiger partial charge in [0, 0.05) is 31.8 Å². The summed E-state index contributed by atoms with van der Waals surface area (Å²) in [6, 6.07) is 1.00. The summed E-state index contributed by atoms with van der Waals surface area (Å²) in [5, 5.41) is 2.91. The Labute approximate surface area is 114 Å². The van der Waals surface area contributed by atoms with Crippen LogP contribution in [0.3, 0.4) is 0 Å². The number of carbonyl (C=O) groups excluding carboxylic acids is 1. The molecular weight excluding hydrogens is 273 g/mol. The number of nitrogens with one attached hydrogen (secondary N) is 1. The Balaban J connectivity index is 2.19. The van der Waals surface area contributed by atoms with Gasteiger partial charge in [-0.3, -0.25) is 4.79 Å². The Hall–Kier alpha value is -1.60. The van der Waals surface area contributed by atoms with Crippen molar-refractivity contribution in [2.45, 2.75) is 6.10 Å². The van der Waals surface area contributed by atoms with Crippen LogP contribution in [-0.2, 0) is 4.74 Å². The molecule has 0 radical (unpaired) electrons. The van der Waals surface area contributed by atoms with E-state index in [1.54, 1.807) is 7.05 Å². The predicted octanol–water partition coefficient (Wildman–Crippen LogP) is 1.16. The van der Waals surface area contributed by atoms with E-state index in [0.717, 1.165) is 0 Å². The van der Waals surface area contributed by atoms with Gasteiger partial charge in [0.25, 0.3) is 5.91 Å². The molecule has 1 aliphatic rings. The fraction of sp³-hybridized carbons (Fsp3) is 0.462. The molecule has 1 aliphatic heterocycles. The first kappa shape index (κ1) is 14.8. The molecule has 1 N–H and O–H groups in total. The molecular formula is C13H15F3N2O2. The SMILES string of the molecule is CNCC1CN(C(=O)c2c(F)cc(F)cc2F)CCO1. The van der Waals surface area contributed by atoms with Crippen LogP contribution in [0, 0.1) is 17.5 Å².